The van der Waals surface area contributed by atoms with Crippen LogP contribution in [0.1, 0.15) is 16.8 Å². The molecular formula is C12H14BrN3O. The first kappa shape index (κ1) is 12.1. The van der Waals surface area contributed by atoms with Crippen molar-refractivity contribution in [2.24, 2.45) is 0 Å². The Morgan fingerprint density at radius 3 is 2.71 bits per heavy atom. The number of pyridine rings is 1. The minimum Gasteiger partial charge on any atom is -0.496 e. The first-order chi connectivity index (χ1) is 8.11. The molecule has 0 spiro atoms. The van der Waals surface area contributed by atoms with Gasteiger partial charge in [0.25, 0.3) is 0 Å². The molecule has 2 aromatic rings. The number of aryl methyl sites for hydroxylation is 1. The number of hydrogen-bond acceptors (Lipinski definition) is 3. The van der Waals surface area contributed by atoms with E-state index in [-0.39, 0.29) is 0 Å². The maximum Gasteiger partial charge on any atom is 0.128 e. The van der Waals surface area contributed by atoms with E-state index in [9.17, 15) is 0 Å². The first-order valence-electron chi connectivity index (χ1n) is 5.29. The maximum absolute atomic E-state index is 5.38. The number of aromatic nitrogens is 3. The molecule has 0 radical (unpaired) electrons. The molecule has 0 saturated heterocycles. The van der Waals surface area contributed by atoms with Crippen LogP contribution in [-0.4, -0.2) is 21.9 Å². The molecule has 5 heteroatoms. The van der Waals surface area contributed by atoms with Gasteiger partial charge < -0.3 is 4.74 Å². The van der Waals surface area contributed by atoms with Crippen LogP contribution in [0, 0.1) is 13.8 Å². The number of ether oxygens (including phenoxy) is 1. The van der Waals surface area contributed by atoms with Gasteiger partial charge in [-0.15, -0.1) is 0 Å². The van der Waals surface area contributed by atoms with E-state index in [0.717, 1.165) is 27.0 Å². The lowest BCUT2D eigenvalue weighted by atomic mass is 10.1. The van der Waals surface area contributed by atoms with E-state index < -0.39 is 0 Å². The van der Waals surface area contributed by atoms with Gasteiger partial charge in [0, 0.05) is 23.5 Å². The molecule has 0 atom stereocenters. The number of halogens is 1. The lowest BCUT2D eigenvalue weighted by Crippen LogP contribution is -2.06. The molecule has 0 aliphatic heterocycles. The molecular weight excluding hydrogens is 282 g/mol. The van der Waals surface area contributed by atoms with Crippen molar-refractivity contribution >= 4 is 15.9 Å². The zero-order valence-corrected chi connectivity index (χ0v) is 11.7. The van der Waals surface area contributed by atoms with E-state index in [1.165, 1.54) is 0 Å². The van der Waals surface area contributed by atoms with Crippen LogP contribution in [0.4, 0.5) is 0 Å². The summed E-state index contributed by atoms with van der Waals surface area (Å²) in [5, 5.41) is 4.22. The molecule has 0 unspecified atom stereocenters. The van der Waals surface area contributed by atoms with Gasteiger partial charge in [0.1, 0.15) is 5.75 Å². The van der Waals surface area contributed by atoms with Crippen molar-refractivity contribution in [1.29, 1.82) is 0 Å². The summed E-state index contributed by atoms with van der Waals surface area (Å²) in [5.41, 5.74) is 3.09. The molecule has 0 aliphatic rings. The van der Waals surface area contributed by atoms with Crippen molar-refractivity contribution in [3.8, 4) is 5.75 Å². The van der Waals surface area contributed by atoms with E-state index in [4.69, 9.17) is 4.74 Å². The van der Waals surface area contributed by atoms with Crippen molar-refractivity contribution in [2.45, 2.75) is 20.4 Å². The summed E-state index contributed by atoms with van der Waals surface area (Å²) in [6.07, 6.45) is 5.52. The summed E-state index contributed by atoms with van der Waals surface area (Å²) in [6, 6.07) is 0. The summed E-state index contributed by atoms with van der Waals surface area (Å²) < 4.78 is 8.19. The van der Waals surface area contributed by atoms with Crippen molar-refractivity contribution in [3.63, 3.8) is 0 Å². The highest BCUT2D eigenvalue weighted by Crippen LogP contribution is 2.24. The lowest BCUT2D eigenvalue weighted by molar-refractivity contribution is 0.406. The van der Waals surface area contributed by atoms with Crippen LogP contribution >= 0.6 is 15.9 Å². The molecule has 2 rings (SSSR count). The number of hydrogen-bond donors (Lipinski definition) is 0. The normalized spacial score (nSPS) is 10.6. The Morgan fingerprint density at radius 1 is 1.35 bits per heavy atom. The number of rotatable bonds is 3. The predicted molar refractivity (Wildman–Crippen MR) is 69.3 cm³/mol. The van der Waals surface area contributed by atoms with Crippen LogP contribution < -0.4 is 4.74 Å². The zero-order valence-electron chi connectivity index (χ0n) is 10.1. The molecule has 0 aromatic carbocycles. The summed E-state index contributed by atoms with van der Waals surface area (Å²) in [7, 11) is 1.68. The Labute approximate surface area is 109 Å². The van der Waals surface area contributed by atoms with Gasteiger partial charge in [-0.3, -0.25) is 9.67 Å². The molecule has 4 nitrogen and oxygen atoms in total. The third-order valence-corrected chi connectivity index (χ3v) is 3.07. The molecule has 0 saturated carbocycles. The van der Waals surface area contributed by atoms with Gasteiger partial charge in [-0.1, -0.05) is 0 Å². The second-order valence-electron chi connectivity index (χ2n) is 3.90. The first-order valence-corrected chi connectivity index (χ1v) is 6.08. The lowest BCUT2D eigenvalue weighted by Gasteiger charge is -2.12. The van der Waals surface area contributed by atoms with Gasteiger partial charge in [0.2, 0.25) is 0 Å². The monoisotopic (exact) mass is 295 g/mol. The molecule has 0 fully saturated rings. The van der Waals surface area contributed by atoms with Gasteiger partial charge in [-0.2, -0.15) is 5.10 Å². The number of methoxy groups -OCH3 is 1. The van der Waals surface area contributed by atoms with Gasteiger partial charge >= 0.3 is 0 Å². The minimum absolute atomic E-state index is 0.647. The van der Waals surface area contributed by atoms with Crippen LogP contribution in [0.3, 0.4) is 0 Å². The van der Waals surface area contributed by atoms with Crippen LogP contribution in [0.5, 0.6) is 5.75 Å². The summed E-state index contributed by atoms with van der Waals surface area (Å²) in [5.74, 6) is 0.904. The summed E-state index contributed by atoms with van der Waals surface area (Å²) >= 11 is 3.38. The van der Waals surface area contributed by atoms with E-state index in [2.05, 4.69) is 26.0 Å². The van der Waals surface area contributed by atoms with E-state index in [1.807, 2.05) is 30.9 Å². The molecule has 2 heterocycles. The molecule has 0 N–H and O–H groups in total. The van der Waals surface area contributed by atoms with Gasteiger partial charge in [0.05, 0.1) is 30.0 Å². The fourth-order valence-electron chi connectivity index (χ4n) is 1.81. The standard InChI is InChI=1S/C12H14BrN3O/c1-8-4-14-11(9(2)12(8)17-3)7-16-6-10(13)5-15-16/h4-6H,7H2,1-3H3. The van der Waals surface area contributed by atoms with Crippen LogP contribution in [0.25, 0.3) is 0 Å². The molecule has 90 valence electrons. The average Bonchev–Trinajstić information content (AvgIpc) is 2.69. The van der Waals surface area contributed by atoms with Crippen molar-refractivity contribution in [3.05, 3.63) is 39.9 Å². The fraction of sp³-hybridized carbons (Fsp3) is 0.333. The Morgan fingerprint density at radius 2 is 2.12 bits per heavy atom. The molecule has 0 aliphatic carbocycles. The predicted octanol–water partition coefficient (Wildman–Crippen LogP) is 2.71. The highest BCUT2D eigenvalue weighted by atomic mass is 79.9. The largest absolute Gasteiger partial charge is 0.496 e. The van der Waals surface area contributed by atoms with Crippen molar-refractivity contribution in [1.82, 2.24) is 14.8 Å². The third kappa shape index (κ3) is 2.49. The summed E-state index contributed by atoms with van der Waals surface area (Å²) in [4.78, 5) is 4.43. The fourth-order valence-corrected chi connectivity index (χ4v) is 2.14. The zero-order chi connectivity index (χ0) is 12.4. The van der Waals surface area contributed by atoms with Gasteiger partial charge in [-0.05, 0) is 29.8 Å². The van der Waals surface area contributed by atoms with E-state index in [1.54, 1.807) is 13.3 Å². The number of nitrogens with zero attached hydrogens (tertiary/aromatic N) is 3. The van der Waals surface area contributed by atoms with Gasteiger partial charge in [0.15, 0.2) is 0 Å². The van der Waals surface area contributed by atoms with E-state index in [0.29, 0.717) is 6.54 Å². The second-order valence-corrected chi connectivity index (χ2v) is 4.82. The highest BCUT2D eigenvalue weighted by Gasteiger charge is 2.10. The SMILES string of the molecule is COc1c(C)cnc(Cn2cc(Br)cn2)c1C. The Hall–Kier alpha value is -1.36. The molecule has 17 heavy (non-hydrogen) atoms. The topological polar surface area (TPSA) is 39.9 Å². The maximum atomic E-state index is 5.38. The van der Waals surface area contributed by atoms with Crippen LogP contribution in [-0.2, 0) is 6.54 Å². The van der Waals surface area contributed by atoms with Crippen LogP contribution in [0.2, 0.25) is 0 Å². The third-order valence-electron chi connectivity index (χ3n) is 2.66. The molecule has 0 bridgehead atoms. The second kappa shape index (κ2) is 4.87. The smallest absolute Gasteiger partial charge is 0.128 e. The van der Waals surface area contributed by atoms with E-state index >= 15 is 0 Å². The molecule has 0 amide bonds. The highest BCUT2D eigenvalue weighted by molar-refractivity contribution is 9.10. The Kier molecular flexibility index (Phi) is 3.47. The van der Waals surface area contributed by atoms with Crippen molar-refractivity contribution < 1.29 is 4.74 Å². The Balaban J connectivity index is 2.33. The van der Waals surface area contributed by atoms with Crippen molar-refractivity contribution in [2.75, 3.05) is 7.11 Å². The van der Waals surface area contributed by atoms with Gasteiger partial charge in [-0.25, -0.2) is 0 Å². The molecule has 2 aromatic heterocycles. The minimum atomic E-state index is 0.647. The quantitative estimate of drug-likeness (QED) is 0.874. The average molecular weight is 296 g/mol. The Bertz CT molecular complexity index is 537. The summed E-state index contributed by atoms with van der Waals surface area (Å²) in [6.45, 7) is 4.66. The van der Waals surface area contributed by atoms with Crippen LogP contribution in [0.15, 0.2) is 23.1 Å².